The van der Waals surface area contributed by atoms with E-state index in [1.54, 1.807) is 12.1 Å². The van der Waals surface area contributed by atoms with E-state index in [0.29, 0.717) is 9.08 Å². The van der Waals surface area contributed by atoms with Crippen LogP contribution >= 0.6 is 31.9 Å². The van der Waals surface area contributed by atoms with Crippen LogP contribution in [0.5, 0.6) is 0 Å². The average molecular weight is 361 g/mol. The van der Waals surface area contributed by atoms with Gasteiger partial charge in [-0.1, -0.05) is 0 Å². The molecule has 1 heterocycles. The van der Waals surface area contributed by atoms with Crippen LogP contribution < -0.4 is 0 Å². The minimum atomic E-state index is -4.05. The van der Waals surface area contributed by atoms with E-state index in [9.17, 15) is 13.5 Å². The zero-order valence-corrected chi connectivity index (χ0v) is 11.5. The Morgan fingerprint density at radius 2 is 2.07 bits per heavy atom. The molecule has 1 atom stereocenters. The zero-order chi connectivity index (χ0) is 11.6. The van der Waals surface area contributed by atoms with E-state index < -0.39 is 15.6 Å². The molecule has 1 aromatic heterocycles. The Hall–Kier alpha value is -0.0200. The lowest BCUT2D eigenvalue weighted by atomic mass is 10.4. The van der Waals surface area contributed by atoms with Gasteiger partial charge in [0.1, 0.15) is 10.3 Å². The van der Waals surface area contributed by atoms with Gasteiger partial charge in [0.05, 0.1) is 7.11 Å². The quantitative estimate of drug-likeness (QED) is 0.654. The fraction of sp³-hybridized carbons (Fsp3) is 0.286. The molecule has 1 N–H and O–H groups in total. The SMILES string of the molecule is COS(=O)(=O)C(O)c1nc(Br)ccc1Br. The standard InChI is InChI=1S/C7H7Br2NO4S/c1-14-15(12,13)7(11)6-4(8)2-3-5(9)10-6/h2-3,7,11H,1H3. The van der Waals surface area contributed by atoms with Crippen molar-refractivity contribution in [2.45, 2.75) is 5.44 Å². The summed E-state index contributed by atoms with van der Waals surface area (Å²) in [6, 6.07) is 3.18. The number of aromatic nitrogens is 1. The molecular weight excluding hydrogens is 354 g/mol. The summed E-state index contributed by atoms with van der Waals surface area (Å²) in [5.74, 6) is 0. The van der Waals surface area contributed by atoms with Crippen LogP contribution in [0.15, 0.2) is 21.2 Å². The third-order valence-electron chi connectivity index (χ3n) is 1.58. The summed E-state index contributed by atoms with van der Waals surface area (Å²) < 4.78 is 27.4. The van der Waals surface area contributed by atoms with Crippen LogP contribution in [0.2, 0.25) is 0 Å². The molecule has 8 heteroatoms. The average Bonchev–Trinajstić information content (AvgIpc) is 2.20. The molecular formula is C7H7Br2NO4S. The van der Waals surface area contributed by atoms with Crippen molar-refractivity contribution >= 4 is 42.0 Å². The van der Waals surface area contributed by atoms with Crippen LogP contribution in [0.1, 0.15) is 11.1 Å². The second-order valence-electron chi connectivity index (χ2n) is 2.51. The minimum Gasteiger partial charge on any atom is -0.370 e. The lowest BCUT2D eigenvalue weighted by Gasteiger charge is -2.11. The van der Waals surface area contributed by atoms with Crippen molar-refractivity contribution in [1.29, 1.82) is 0 Å². The summed E-state index contributed by atoms with van der Waals surface area (Å²) >= 11 is 6.16. The minimum absolute atomic E-state index is 0.0220. The van der Waals surface area contributed by atoms with E-state index in [4.69, 9.17) is 0 Å². The summed E-state index contributed by atoms with van der Waals surface area (Å²) in [5.41, 5.74) is -1.83. The normalized spacial score (nSPS) is 13.9. The van der Waals surface area contributed by atoms with Crippen LogP contribution in [-0.4, -0.2) is 25.6 Å². The number of nitrogens with zero attached hydrogens (tertiary/aromatic N) is 1. The Bertz CT molecular complexity index is 462. The summed E-state index contributed by atoms with van der Waals surface area (Å²) in [6.45, 7) is 0. The maximum Gasteiger partial charge on any atom is 0.300 e. The van der Waals surface area contributed by atoms with Gasteiger partial charge in [-0.2, -0.15) is 8.42 Å². The van der Waals surface area contributed by atoms with Crippen molar-refractivity contribution < 1.29 is 17.7 Å². The van der Waals surface area contributed by atoms with Gasteiger partial charge < -0.3 is 5.11 Å². The highest BCUT2D eigenvalue weighted by Crippen LogP contribution is 2.27. The number of rotatable bonds is 3. The molecule has 0 saturated carbocycles. The van der Waals surface area contributed by atoms with Crippen molar-refractivity contribution in [2.75, 3.05) is 7.11 Å². The van der Waals surface area contributed by atoms with Gasteiger partial charge >= 0.3 is 0 Å². The third kappa shape index (κ3) is 2.97. The Morgan fingerprint density at radius 1 is 1.47 bits per heavy atom. The molecule has 0 spiro atoms. The first-order valence-electron chi connectivity index (χ1n) is 3.68. The molecule has 0 radical (unpaired) electrons. The molecule has 0 aromatic carbocycles. The summed E-state index contributed by atoms with van der Waals surface area (Å²) in [4.78, 5) is 3.85. The van der Waals surface area contributed by atoms with E-state index in [0.717, 1.165) is 7.11 Å². The molecule has 0 saturated heterocycles. The maximum atomic E-state index is 11.2. The molecule has 0 amide bonds. The monoisotopic (exact) mass is 359 g/mol. The van der Waals surface area contributed by atoms with Crippen LogP contribution in [0.25, 0.3) is 0 Å². The van der Waals surface area contributed by atoms with Gasteiger partial charge in [-0.25, -0.2) is 4.98 Å². The van der Waals surface area contributed by atoms with Gasteiger partial charge in [-0.3, -0.25) is 4.18 Å². The van der Waals surface area contributed by atoms with E-state index in [2.05, 4.69) is 41.0 Å². The van der Waals surface area contributed by atoms with Crippen LogP contribution in [0, 0.1) is 0 Å². The predicted molar refractivity (Wildman–Crippen MR) is 60.5 cm³/mol. The number of hydrogen-bond donors (Lipinski definition) is 1. The largest absolute Gasteiger partial charge is 0.370 e. The molecule has 0 aliphatic rings. The topological polar surface area (TPSA) is 76.5 Å². The maximum absolute atomic E-state index is 11.2. The first kappa shape index (κ1) is 13.0. The zero-order valence-electron chi connectivity index (χ0n) is 7.52. The van der Waals surface area contributed by atoms with Gasteiger partial charge in [-0.15, -0.1) is 0 Å². The molecule has 0 aliphatic heterocycles. The molecule has 1 rings (SSSR count). The van der Waals surface area contributed by atoms with Crippen molar-refractivity contribution in [2.24, 2.45) is 0 Å². The molecule has 84 valence electrons. The predicted octanol–water partition coefficient (Wildman–Crippen LogP) is 1.57. The summed E-state index contributed by atoms with van der Waals surface area (Å²) in [5, 5.41) is 9.53. The first-order valence-corrected chi connectivity index (χ1v) is 6.73. The lowest BCUT2D eigenvalue weighted by Crippen LogP contribution is -2.16. The number of halogens is 2. The van der Waals surface area contributed by atoms with Crippen molar-refractivity contribution in [3.8, 4) is 0 Å². The van der Waals surface area contributed by atoms with Gasteiger partial charge in [-0.05, 0) is 44.0 Å². The highest BCUT2D eigenvalue weighted by atomic mass is 79.9. The second kappa shape index (κ2) is 4.88. The van der Waals surface area contributed by atoms with E-state index >= 15 is 0 Å². The van der Waals surface area contributed by atoms with E-state index in [-0.39, 0.29) is 5.69 Å². The van der Waals surface area contributed by atoms with Gasteiger partial charge in [0.2, 0.25) is 5.44 Å². The highest BCUT2D eigenvalue weighted by Gasteiger charge is 2.28. The fourth-order valence-electron chi connectivity index (χ4n) is 0.834. The van der Waals surface area contributed by atoms with Crippen molar-refractivity contribution in [3.63, 3.8) is 0 Å². The molecule has 0 bridgehead atoms. The lowest BCUT2D eigenvalue weighted by molar-refractivity contribution is 0.224. The van der Waals surface area contributed by atoms with Crippen LogP contribution in [0.4, 0.5) is 0 Å². The van der Waals surface area contributed by atoms with Crippen LogP contribution in [-0.2, 0) is 14.3 Å². The Labute approximate surface area is 104 Å². The fourth-order valence-corrected chi connectivity index (χ4v) is 2.38. The van der Waals surface area contributed by atoms with Gasteiger partial charge in [0, 0.05) is 4.47 Å². The third-order valence-corrected chi connectivity index (χ3v) is 3.93. The molecule has 15 heavy (non-hydrogen) atoms. The van der Waals surface area contributed by atoms with Crippen molar-refractivity contribution in [1.82, 2.24) is 4.98 Å². The highest BCUT2D eigenvalue weighted by molar-refractivity contribution is 9.11. The molecule has 0 aliphatic carbocycles. The molecule has 0 fully saturated rings. The summed E-state index contributed by atoms with van der Waals surface area (Å²) in [7, 11) is -3.07. The first-order chi connectivity index (χ1) is 6.88. The number of hydrogen-bond acceptors (Lipinski definition) is 5. The Morgan fingerprint density at radius 3 is 2.60 bits per heavy atom. The van der Waals surface area contributed by atoms with Crippen LogP contribution in [0.3, 0.4) is 0 Å². The van der Waals surface area contributed by atoms with Gasteiger partial charge in [0.25, 0.3) is 10.1 Å². The molecule has 5 nitrogen and oxygen atoms in total. The van der Waals surface area contributed by atoms with Crippen molar-refractivity contribution in [3.05, 3.63) is 26.9 Å². The summed E-state index contributed by atoms with van der Waals surface area (Å²) in [6.07, 6.45) is 0. The van der Waals surface area contributed by atoms with Gasteiger partial charge in [0.15, 0.2) is 0 Å². The number of aliphatic hydroxyl groups is 1. The van der Waals surface area contributed by atoms with E-state index in [1.165, 1.54) is 0 Å². The smallest absolute Gasteiger partial charge is 0.300 e. The Kier molecular flexibility index (Phi) is 4.24. The van der Waals surface area contributed by atoms with E-state index in [1.807, 2.05) is 0 Å². The molecule has 1 unspecified atom stereocenters. The molecule has 1 aromatic rings. The number of pyridine rings is 1. The Balaban J connectivity index is 3.22. The second-order valence-corrected chi connectivity index (χ2v) is 5.95. The number of aliphatic hydroxyl groups excluding tert-OH is 1.